The second-order valence-corrected chi connectivity index (χ2v) is 5.19. The summed E-state index contributed by atoms with van der Waals surface area (Å²) in [6, 6.07) is 13.8. The number of likely N-dealkylation sites (N-methyl/N-ethyl adjacent to an activating group) is 1. The standard InChI is InChI=1S/C18H21FN2O2/c1-3-20-18(22)12-23-17-9-5-8-16(11-17)21-13(2)14-6-4-7-15(19)10-14/h4-11,13,21H,3,12H2,1-2H3,(H,20,22)/t13-/m1/s1. The summed E-state index contributed by atoms with van der Waals surface area (Å²) in [5.74, 6) is 0.196. The van der Waals surface area contributed by atoms with Crippen molar-refractivity contribution < 1.29 is 13.9 Å². The number of rotatable bonds is 7. The molecule has 0 aliphatic heterocycles. The van der Waals surface area contributed by atoms with Crippen LogP contribution in [0, 0.1) is 5.82 Å². The Balaban J connectivity index is 1.98. The zero-order valence-electron chi connectivity index (χ0n) is 13.3. The van der Waals surface area contributed by atoms with E-state index in [0.29, 0.717) is 12.3 Å². The molecule has 0 aliphatic rings. The number of hydrogen-bond donors (Lipinski definition) is 2. The summed E-state index contributed by atoms with van der Waals surface area (Å²) in [7, 11) is 0. The van der Waals surface area contributed by atoms with Crippen LogP contribution in [0.25, 0.3) is 0 Å². The van der Waals surface area contributed by atoms with Crippen LogP contribution in [-0.4, -0.2) is 19.1 Å². The molecule has 2 N–H and O–H groups in total. The molecule has 1 atom stereocenters. The van der Waals surface area contributed by atoms with Crippen molar-refractivity contribution >= 4 is 11.6 Å². The smallest absolute Gasteiger partial charge is 0.257 e. The quantitative estimate of drug-likeness (QED) is 0.822. The van der Waals surface area contributed by atoms with Crippen molar-refractivity contribution in [3.05, 3.63) is 59.9 Å². The van der Waals surface area contributed by atoms with Gasteiger partial charge in [-0.1, -0.05) is 18.2 Å². The minimum absolute atomic E-state index is 0.0171. The van der Waals surface area contributed by atoms with Gasteiger partial charge in [-0.25, -0.2) is 4.39 Å². The highest BCUT2D eigenvalue weighted by molar-refractivity contribution is 5.77. The van der Waals surface area contributed by atoms with E-state index >= 15 is 0 Å². The van der Waals surface area contributed by atoms with Gasteiger partial charge < -0.3 is 15.4 Å². The summed E-state index contributed by atoms with van der Waals surface area (Å²) in [6.45, 7) is 4.37. The summed E-state index contributed by atoms with van der Waals surface area (Å²) < 4.78 is 18.7. The maximum atomic E-state index is 13.3. The van der Waals surface area contributed by atoms with Crippen molar-refractivity contribution in [1.29, 1.82) is 0 Å². The first kappa shape index (κ1) is 16.8. The molecule has 0 aromatic heterocycles. The van der Waals surface area contributed by atoms with Crippen LogP contribution in [0.1, 0.15) is 25.5 Å². The number of ether oxygens (including phenoxy) is 1. The zero-order chi connectivity index (χ0) is 16.7. The van der Waals surface area contributed by atoms with Gasteiger partial charge in [0.2, 0.25) is 0 Å². The first-order chi connectivity index (χ1) is 11.1. The molecule has 2 aromatic carbocycles. The van der Waals surface area contributed by atoms with Crippen LogP contribution in [0.4, 0.5) is 10.1 Å². The molecule has 0 saturated heterocycles. The highest BCUT2D eigenvalue weighted by Crippen LogP contribution is 2.23. The van der Waals surface area contributed by atoms with Crippen LogP contribution < -0.4 is 15.4 Å². The lowest BCUT2D eigenvalue weighted by atomic mass is 10.1. The van der Waals surface area contributed by atoms with Crippen molar-refractivity contribution in [3.8, 4) is 5.75 Å². The predicted molar refractivity (Wildman–Crippen MR) is 89.1 cm³/mol. The lowest BCUT2D eigenvalue weighted by Crippen LogP contribution is -2.28. The van der Waals surface area contributed by atoms with Gasteiger partial charge in [0.15, 0.2) is 6.61 Å². The van der Waals surface area contributed by atoms with Gasteiger partial charge in [-0.2, -0.15) is 0 Å². The fourth-order valence-corrected chi connectivity index (χ4v) is 2.18. The van der Waals surface area contributed by atoms with Crippen LogP contribution in [-0.2, 0) is 4.79 Å². The lowest BCUT2D eigenvalue weighted by Gasteiger charge is -2.16. The molecule has 0 heterocycles. The molecule has 1 amide bonds. The number of benzene rings is 2. The van der Waals surface area contributed by atoms with E-state index in [1.54, 1.807) is 12.1 Å². The Kier molecular flexibility index (Phi) is 5.97. The first-order valence-electron chi connectivity index (χ1n) is 7.60. The molecule has 0 spiro atoms. The molecule has 122 valence electrons. The van der Waals surface area contributed by atoms with Gasteiger partial charge in [0, 0.05) is 24.3 Å². The van der Waals surface area contributed by atoms with E-state index in [9.17, 15) is 9.18 Å². The average Bonchev–Trinajstić information content (AvgIpc) is 2.53. The fourth-order valence-electron chi connectivity index (χ4n) is 2.18. The summed E-state index contributed by atoms with van der Waals surface area (Å²) >= 11 is 0. The van der Waals surface area contributed by atoms with Gasteiger partial charge in [-0.05, 0) is 43.7 Å². The van der Waals surface area contributed by atoms with E-state index in [1.807, 2.05) is 38.1 Å². The average molecular weight is 316 g/mol. The van der Waals surface area contributed by atoms with Gasteiger partial charge in [0.25, 0.3) is 5.91 Å². The van der Waals surface area contributed by atoms with Gasteiger partial charge in [-0.15, -0.1) is 0 Å². The largest absolute Gasteiger partial charge is 0.484 e. The number of carbonyl (C=O) groups excluding carboxylic acids is 1. The van der Waals surface area contributed by atoms with E-state index in [2.05, 4.69) is 10.6 Å². The number of anilines is 1. The highest BCUT2D eigenvalue weighted by Gasteiger charge is 2.07. The van der Waals surface area contributed by atoms with Crippen LogP contribution in [0.2, 0.25) is 0 Å². The third-order valence-electron chi connectivity index (χ3n) is 3.31. The van der Waals surface area contributed by atoms with Gasteiger partial charge in [0.05, 0.1) is 0 Å². The molecule has 2 aromatic rings. The second kappa shape index (κ2) is 8.17. The van der Waals surface area contributed by atoms with Crippen molar-refractivity contribution in [2.24, 2.45) is 0 Å². The Morgan fingerprint density at radius 1 is 1.22 bits per heavy atom. The molecular formula is C18H21FN2O2. The first-order valence-corrected chi connectivity index (χ1v) is 7.60. The number of halogens is 1. The van der Waals surface area contributed by atoms with Crippen molar-refractivity contribution in [2.45, 2.75) is 19.9 Å². The summed E-state index contributed by atoms with van der Waals surface area (Å²) in [5.41, 5.74) is 1.70. The highest BCUT2D eigenvalue weighted by atomic mass is 19.1. The molecule has 4 nitrogen and oxygen atoms in total. The third-order valence-corrected chi connectivity index (χ3v) is 3.31. The maximum absolute atomic E-state index is 13.3. The minimum Gasteiger partial charge on any atom is -0.484 e. The van der Waals surface area contributed by atoms with E-state index in [4.69, 9.17) is 4.74 Å². The molecule has 2 rings (SSSR count). The third kappa shape index (κ3) is 5.29. The lowest BCUT2D eigenvalue weighted by molar-refractivity contribution is -0.122. The van der Waals surface area contributed by atoms with Gasteiger partial charge in [-0.3, -0.25) is 4.79 Å². The fraction of sp³-hybridized carbons (Fsp3) is 0.278. The molecule has 0 bridgehead atoms. The molecular weight excluding hydrogens is 295 g/mol. The molecule has 0 aliphatic carbocycles. The van der Waals surface area contributed by atoms with Gasteiger partial charge >= 0.3 is 0 Å². The summed E-state index contributed by atoms with van der Waals surface area (Å²) in [6.07, 6.45) is 0. The van der Waals surface area contributed by atoms with E-state index < -0.39 is 0 Å². The summed E-state index contributed by atoms with van der Waals surface area (Å²) in [5, 5.41) is 5.97. The molecule has 5 heteroatoms. The monoisotopic (exact) mass is 316 g/mol. The molecule has 23 heavy (non-hydrogen) atoms. The van der Waals surface area contributed by atoms with Crippen molar-refractivity contribution in [3.63, 3.8) is 0 Å². The minimum atomic E-state index is -0.254. The van der Waals surface area contributed by atoms with E-state index in [-0.39, 0.29) is 24.4 Å². The van der Waals surface area contributed by atoms with E-state index in [0.717, 1.165) is 11.3 Å². The normalized spacial score (nSPS) is 11.6. The Labute approximate surface area is 135 Å². The van der Waals surface area contributed by atoms with E-state index in [1.165, 1.54) is 12.1 Å². The van der Waals surface area contributed by atoms with Gasteiger partial charge in [0.1, 0.15) is 11.6 Å². The Morgan fingerprint density at radius 2 is 2.00 bits per heavy atom. The van der Waals surface area contributed by atoms with Crippen LogP contribution in [0.15, 0.2) is 48.5 Å². The van der Waals surface area contributed by atoms with Crippen molar-refractivity contribution in [2.75, 3.05) is 18.5 Å². The zero-order valence-corrected chi connectivity index (χ0v) is 13.3. The molecule has 0 radical (unpaired) electrons. The Morgan fingerprint density at radius 3 is 2.74 bits per heavy atom. The number of amides is 1. The Hall–Kier alpha value is -2.56. The molecule has 0 fully saturated rings. The topological polar surface area (TPSA) is 50.4 Å². The molecule has 0 unspecified atom stereocenters. The van der Waals surface area contributed by atoms with Crippen LogP contribution in [0.3, 0.4) is 0 Å². The SMILES string of the molecule is CCNC(=O)COc1cccc(N[C@H](C)c2cccc(F)c2)c1. The van der Waals surface area contributed by atoms with Crippen molar-refractivity contribution in [1.82, 2.24) is 5.32 Å². The van der Waals surface area contributed by atoms with Crippen LogP contribution in [0.5, 0.6) is 5.75 Å². The van der Waals surface area contributed by atoms with Crippen LogP contribution >= 0.6 is 0 Å². The number of nitrogens with one attached hydrogen (secondary N) is 2. The summed E-state index contributed by atoms with van der Waals surface area (Å²) in [4.78, 5) is 11.4. The second-order valence-electron chi connectivity index (χ2n) is 5.19. The Bertz CT molecular complexity index is 661. The molecule has 0 saturated carbocycles. The number of carbonyl (C=O) groups is 1. The maximum Gasteiger partial charge on any atom is 0.257 e. The predicted octanol–water partition coefficient (Wildman–Crippen LogP) is 3.51. The number of hydrogen-bond acceptors (Lipinski definition) is 3.